The van der Waals surface area contributed by atoms with E-state index in [0.717, 1.165) is 0 Å². The lowest BCUT2D eigenvalue weighted by Crippen LogP contribution is -2.67. The van der Waals surface area contributed by atoms with Crippen molar-refractivity contribution in [1.82, 2.24) is 0 Å². The maximum absolute atomic E-state index is 7.06. The molecular formula is C25H35NO4Si. The van der Waals surface area contributed by atoms with Crippen LogP contribution < -0.4 is 16.1 Å². The van der Waals surface area contributed by atoms with Gasteiger partial charge in [-0.25, -0.2) is 0 Å². The number of hydrogen-bond donors (Lipinski definition) is 1. The SMILES string of the molecule is CC1(C)OC2[C@H](CN)O[C@H](CO[Si](c3ccccc3)(c3ccccc3)C(C)(C)C)[C@@H]2O1. The highest BCUT2D eigenvalue weighted by Gasteiger charge is 2.56. The molecular weight excluding hydrogens is 406 g/mol. The van der Waals surface area contributed by atoms with Crippen molar-refractivity contribution >= 4 is 18.7 Å². The molecule has 2 aromatic rings. The van der Waals surface area contributed by atoms with Gasteiger partial charge in [-0.1, -0.05) is 81.4 Å². The largest absolute Gasteiger partial charge is 0.405 e. The molecule has 31 heavy (non-hydrogen) atoms. The van der Waals surface area contributed by atoms with Crippen LogP contribution in [0.2, 0.25) is 5.04 Å². The van der Waals surface area contributed by atoms with Gasteiger partial charge in [0.2, 0.25) is 0 Å². The normalized spacial score (nSPS) is 27.9. The van der Waals surface area contributed by atoms with E-state index in [1.54, 1.807) is 0 Å². The Morgan fingerprint density at radius 2 is 1.35 bits per heavy atom. The molecule has 0 bridgehead atoms. The van der Waals surface area contributed by atoms with E-state index in [1.165, 1.54) is 10.4 Å². The summed E-state index contributed by atoms with van der Waals surface area (Å²) < 4.78 is 25.6. The highest BCUT2D eigenvalue weighted by atomic mass is 28.4. The standard InChI is InChI=1S/C25H35NO4Si/c1-24(2,3)31(18-12-8-6-9-13-18,19-14-10-7-11-15-19)27-17-21-23-22(20(16-26)28-21)29-25(4,5)30-23/h6-15,20-23H,16-17,26H2,1-5H3/t20-,21+,22?,23-/m0/s1. The number of rotatable bonds is 6. The predicted octanol–water partition coefficient (Wildman–Crippen LogP) is 2.81. The number of benzene rings is 2. The fraction of sp³-hybridized carbons (Fsp3) is 0.520. The summed E-state index contributed by atoms with van der Waals surface area (Å²) in [5.41, 5.74) is 5.98. The molecule has 2 aliphatic rings. The molecule has 168 valence electrons. The molecule has 0 radical (unpaired) electrons. The van der Waals surface area contributed by atoms with E-state index >= 15 is 0 Å². The van der Waals surface area contributed by atoms with Gasteiger partial charge in [0.1, 0.15) is 18.3 Å². The third-order valence-corrected chi connectivity index (χ3v) is 11.4. The van der Waals surface area contributed by atoms with Crippen LogP contribution in [0, 0.1) is 0 Å². The predicted molar refractivity (Wildman–Crippen MR) is 125 cm³/mol. The van der Waals surface area contributed by atoms with Crippen molar-refractivity contribution in [3.63, 3.8) is 0 Å². The highest BCUT2D eigenvalue weighted by molar-refractivity contribution is 6.99. The lowest BCUT2D eigenvalue weighted by atomic mass is 10.1. The molecule has 0 aromatic heterocycles. The fourth-order valence-electron chi connectivity index (χ4n) is 5.06. The summed E-state index contributed by atoms with van der Waals surface area (Å²) in [6, 6.07) is 21.3. The van der Waals surface area contributed by atoms with Crippen molar-refractivity contribution in [3.8, 4) is 0 Å². The monoisotopic (exact) mass is 441 g/mol. The Kier molecular flexibility index (Phi) is 6.16. The molecule has 2 aromatic carbocycles. The summed E-state index contributed by atoms with van der Waals surface area (Å²) in [5.74, 6) is -0.637. The zero-order valence-electron chi connectivity index (χ0n) is 19.2. The van der Waals surface area contributed by atoms with Crippen molar-refractivity contribution in [2.45, 2.75) is 69.9 Å². The highest BCUT2D eigenvalue weighted by Crippen LogP contribution is 2.41. The average Bonchev–Trinajstić information content (AvgIpc) is 3.22. The molecule has 2 heterocycles. The molecule has 0 aliphatic carbocycles. The third-order valence-electron chi connectivity index (χ3n) is 6.36. The van der Waals surface area contributed by atoms with E-state index in [1.807, 2.05) is 13.8 Å². The van der Waals surface area contributed by atoms with Crippen LogP contribution in [0.3, 0.4) is 0 Å². The molecule has 4 rings (SSSR count). The van der Waals surface area contributed by atoms with Crippen LogP contribution in [0.1, 0.15) is 34.6 Å². The first kappa shape index (κ1) is 22.6. The van der Waals surface area contributed by atoms with Gasteiger partial charge in [0, 0.05) is 6.54 Å². The van der Waals surface area contributed by atoms with Crippen LogP contribution >= 0.6 is 0 Å². The molecule has 1 unspecified atom stereocenters. The van der Waals surface area contributed by atoms with Gasteiger partial charge in [-0.3, -0.25) is 0 Å². The quantitative estimate of drug-likeness (QED) is 0.699. The van der Waals surface area contributed by atoms with Gasteiger partial charge in [-0.15, -0.1) is 0 Å². The van der Waals surface area contributed by atoms with E-state index in [4.69, 9.17) is 24.4 Å². The molecule has 2 N–H and O–H groups in total. The van der Waals surface area contributed by atoms with Crippen molar-refractivity contribution in [2.75, 3.05) is 13.2 Å². The van der Waals surface area contributed by atoms with Gasteiger partial charge in [-0.05, 0) is 29.3 Å². The zero-order valence-corrected chi connectivity index (χ0v) is 20.2. The van der Waals surface area contributed by atoms with E-state index in [0.29, 0.717) is 13.2 Å². The van der Waals surface area contributed by atoms with Crippen molar-refractivity contribution in [1.29, 1.82) is 0 Å². The Balaban J connectivity index is 1.69. The van der Waals surface area contributed by atoms with Gasteiger partial charge in [0.15, 0.2) is 5.79 Å². The minimum absolute atomic E-state index is 0.0900. The summed E-state index contributed by atoms with van der Waals surface area (Å²) in [7, 11) is -2.64. The van der Waals surface area contributed by atoms with Crippen molar-refractivity contribution < 1.29 is 18.6 Å². The molecule has 2 aliphatic heterocycles. The summed E-state index contributed by atoms with van der Waals surface area (Å²) in [4.78, 5) is 0. The Labute approximate surface area is 187 Å². The second-order valence-electron chi connectivity index (χ2n) is 9.99. The number of hydrogen-bond acceptors (Lipinski definition) is 5. The summed E-state index contributed by atoms with van der Waals surface area (Å²) in [6.07, 6.45) is -0.740. The van der Waals surface area contributed by atoms with Crippen LogP contribution in [0.15, 0.2) is 60.7 Å². The Morgan fingerprint density at radius 3 is 1.81 bits per heavy atom. The Bertz CT molecular complexity index is 829. The van der Waals surface area contributed by atoms with Gasteiger partial charge < -0.3 is 24.4 Å². The zero-order chi connectivity index (χ0) is 22.3. The van der Waals surface area contributed by atoms with Crippen LogP contribution in [0.5, 0.6) is 0 Å². The molecule has 2 saturated heterocycles. The van der Waals surface area contributed by atoms with Crippen LogP contribution in [0.4, 0.5) is 0 Å². The third kappa shape index (κ3) is 4.13. The topological polar surface area (TPSA) is 62.9 Å². The second kappa shape index (κ2) is 8.43. The molecule has 5 nitrogen and oxygen atoms in total. The summed E-state index contributed by atoms with van der Waals surface area (Å²) in [5, 5.41) is 2.41. The summed E-state index contributed by atoms with van der Waals surface area (Å²) in [6.45, 7) is 11.5. The minimum atomic E-state index is -2.64. The lowest BCUT2D eigenvalue weighted by molar-refractivity contribution is -0.188. The van der Waals surface area contributed by atoms with Crippen LogP contribution in [-0.4, -0.2) is 51.7 Å². The fourth-order valence-corrected chi connectivity index (χ4v) is 9.63. The minimum Gasteiger partial charge on any atom is -0.405 e. The molecule has 0 spiro atoms. The van der Waals surface area contributed by atoms with E-state index in [9.17, 15) is 0 Å². The molecule has 0 amide bonds. The van der Waals surface area contributed by atoms with Gasteiger partial charge in [0.25, 0.3) is 8.32 Å². The maximum Gasteiger partial charge on any atom is 0.261 e. The first-order chi connectivity index (χ1) is 14.7. The molecule has 2 fully saturated rings. The van der Waals surface area contributed by atoms with Crippen LogP contribution in [0.25, 0.3) is 0 Å². The van der Waals surface area contributed by atoms with Gasteiger partial charge >= 0.3 is 0 Å². The number of fused-ring (bicyclic) bond motifs is 1. The van der Waals surface area contributed by atoms with Crippen molar-refractivity contribution in [2.24, 2.45) is 5.73 Å². The van der Waals surface area contributed by atoms with E-state index < -0.39 is 14.1 Å². The molecule has 6 heteroatoms. The van der Waals surface area contributed by atoms with Gasteiger partial charge in [-0.2, -0.15) is 0 Å². The second-order valence-corrected chi connectivity index (χ2v) is 14.3. The summed E-state index contributed by atoms with van der Waals surface area (Å²) >= 11 is 0. The van der Waals surface area contributed by atoms with E-state index in [-0.39, 0.29) is 29.5 Å². The van der Waals surface area contributed by atoms with Gasteiger partial charge in [0.05, 0.1) is 12.7 Å². The van der Waals surface area contributed by atoms with E-state index in [2.05, 4.69) is 81.4 Å². The molecule has 4 atom stereocenters. The number of ether oxygens (including phenoxy) is 3. The lowest BCUT2D eigenvalue weighted by Gasteiger charge is -2.43. The Hall–Kier alpha value is -1.54. The average molecular weight is 442 g/mol. The molecule has 0 saturated carbocycles. The number of nitrogens with two attached hydrogens (primary N) is 1. The maximum atomic E-state index is 7.06. The van der Waals surface area contributed by atoms with Crippen molar-refractivity contribution in [3.05, 3.63) is 60.7 Å². The van der Waals surface area contributed by atoms with Crippen LogP contribution in [-0.2, 0) is 18.6 Å². The first-order valence-electron chi connectivity index (χ1n) is 11.1. The Morgan fingerprint density at radius 1 is 0.871 bits per heavy atom. The first-order valence-corrected chi connectivity index (χ1v) is 13.0. The smallest absolute Gasteiger partial charge is 0.261 e.